The zero-order valence-corrected chi connectivity index (χ0v) is 14.0. The maximum atomic E-state index is 12.2. The van der Waals surface area contributed by atoms with Crippen LogP contribution in [0.4, 0.5) is 21.9 Å². The van der Waals surface area contributed by atoms with Gasteiger partial charge in [-0.15, -0.1) is 0 Å². The van der Waals surface area contributed by atoms with Gasteiger partial charge in [0.2, 0.25) is 0 Å². The maximum Gasteiger partial charge on any atom is 0.323 e. The molecule has 0 spiro atoms. The van der Waals surface area contributed by atoms with Crippen LogP contribution < -0.4 is 20.3 Å². The number of hydrogen-bond acceptors (Lipinski definition) is 5. The van der Waals surface area contributed by atoms with Gasteiger partial charge in [0.1, 0.15) is 12.4 Å². The summed E-state index contributed by atoms with van der Waals surface area (Å²) in [6, 6.07) is 8.82. The molecule has 8 heteroatoms. The number of carbonyl (C=O) groups excluding carboxylic acids is 1. The molecule has 2 amide bonds. The first-order chi connectivity index (χ1) is 12.8. The molecule has 0 unspecified atom stereocenters. The van der Waals surface area contributed by atoms with Gasteiger partial charge in [0.05, 0.1) is 42.7 Å². The number of carbonyl (C=O) groups is 1. The smallest absolute Gasteiger partial charge is 0.323 e. The Balaban J connectivity index is 1.49. The molecule has 1 aliphatic heterocycles. The van der Waals surface area contributed by atoms with Crippen molar-refractivity contribution in [3.8, 4) is 5.75 Å². The van der Waals surface area contributed by atoms with Crippen LogP contribution in [-0.2, 0) is 6.54 Å². The zero-order chi connectivity index (χ0) is 17.8. The molecule has 0 saturated heterocycles. The van der Waals surface area contributed by atoms with Crippen molar-refractivity contribution in [2.75, 3.05) is 28.7 Å². The minimum absolute atomic E-state index is 0.324. The second-order valence-electron chi connectivity index (χ2n) is 5.85. The Hall–Kier alpha value is -3.55. The van der Waals surface area contributed by atoms with Crippen molar-refractivity contribution in [3.05, 3.63) is 60.9 Å². The lowest BCUT2D eigenvalue weighted by atomic mass is 10.2. The Morgan fingerprint density at radius 1 is 1.19 bits per heavy atom. The SMILES string of the molecule is O=C(Nc1cccnc1)Nc1ccc2c(c1)N(Cc1cnc[nH]1)CCO2. The third-order valence-electron chi connectivity index (χ3n) is 4.01. The molecule has 1 aliphatic rings. The van der Waals surface area contributed by atoms with Crippen LogP contribution in [0.25, 0.3) is 0 Å². The van der Waals surface area contributed by atoms with Crippen molar-refractivity contribution in [1.82, 2.24) is 15.0 Å². The summed E-state index contributed by atoms with van der Waals surface area (Å²) in [5, 5.41) is 5.59. The lowest BCUT2D eigenvalue weighted by Crippen LogP contribution is -2.32. The molecular formula is C18H18N6O2. The van der Waals surface area contributed by atoms with Crippen molar-refractivity contribution >= 4 is 23.1 Å². The van der Waals surface area contributed by atoms with Crippen LogP contribution in [0.15, 0.2) is 55.2 Å². The first-order valence-corrected chi connectivity index (χ1v) is 8.25. The van der Waals surface area contributed by atoms with Gasteiger partial charge in [0.25, 0.3) is 0 Å². The van der Waals surface area contributed by atoms with E-state index < -0.39 is 0 Å². The predicted octanol–water partition coefficient (Wildman–Crippen LogP) is 2.85. The van der Waals surface area contributed by atoms with Crippen LogP contribution in [-0.4, -0.2) is 34.1 Å². The summed E-state index contributed by atoms with van der Waals surface area (Å²) in [4.78, 5) is 25.5. The number of rotatable bonds is 4. The molecule has 3 aromatic rings. The van der Waals surface area contributed by atoms with E-state index in [1.165, 1.54) is 0 Å². The predicted molar refractivity (Wildman–Crippen MR) is 98.5 cm³/mol. The number of H-pyrrole nitrogens is 1. The van der Waals surface area contributed by atoms with Gasteiger partial charge >= 0.3 is 6.03 Å². The van der Waals surface area contributed by atoms with Crippen LogP contribution in [0.1, 0.15) is 5.69 Å². The molecule has 0 aliphatic carbocycles. The number of urea groups is 1. The molecule has 26 heavy (non-hydrogen) atoms. The van der Waals surface area contributed by atoms with E-state index in [1.807, 2.05) is 18.2 Å². The number of amides is 2. The number of nitrogens with one attached hydrogen (secondary N) is 3. The summed E-state index contributed by atoms with van der Waals surface area (Å²) in [5.74, 6) is 0.800. The number of nitrogens with zero attached hydrogens (tertiary/aromatic N) is 3. The van der Waals surface area contributed by atoms with Crippen molar-refractivity contribution < 1.29 is 9.53 Å². The van der Waals surface area contributed by atoms with E-state index >= 15 is 0 Å². The summed E-state index contributed by atoms with van der Waals surface area (Å²) in [6.07, 6.45) is 6.71. The number of anilines is 3. The fourth-order valence-corrected chi connectivity index (χ4v) is 2.82. The summed E-state index contributed by atoms with van der Waals surface area (Å²) in [5.41, 5.74) is 3.27. The number of pyridine rings is 1. The second-order valence-corrected chi connectivity index (χ2v) is 5.85. The summed E-state index contributed by atoms with van der Waals surface area (Å²) >= 11 is 0. The van der Waals surface area contributed by atoms with Crippen LogP contribution in [0.5, 0.6) is 5.75 Å². The normalized spacial score (nSPS) is 12.8. The Bertz CT molecular complexity index is 882. The molecule has 2 aromatic heterocycles. The zero-order valence-electron chi connectivity index (χ0n) is 14.0. The van der Waals surface area contributed by atoms with E-state index in [0.29, 0.717) is 24.5 Å². The lowest BCUT2D eigenvalue weighted by Gasteiger charge is -2.31. The Morgan fingerprint density at radius 3 is 2.92 bits per heavy atom. The Labute approximate surface area is 150 Å². The number of aromatic nitrogens is 3. The molecule has 3 N–H and O–H groups in total. The molecule has 0 bridgehead atoms. The van der Waals surface area contributed by atoms with Gasteiger partial charge in [-0.1, -0.05) is 0 Å². The first-order valence-electron chi connectivity index (χ1n) is 8.25. The maximum absolute atomic E-state index is 12.2. The van der Waals surface area contributed by atoms with E-state index in [1.54, 1.807) is 37.1 Å². The van der Waals surface area contributed by atoms with Crippen LogP contribution in [0.2, 0.25) is 0 Å². The molecule has 4 rings (SSSR count). The molecule has 0 saturated carbocycles. The lowest BCUT2D eigenvalue weighted by molar-refractivity contribution is 0.262. The average molecular weight is 350 g/mol. The minimum atomic E-state index is -0.324. The van der Waals surface area contributed by atoms with Gasteiger partial charge in [0.15, 0.2) is 0 Å². The van der Waals surface area contributed by atoms with Crippen molar-refractivity contribution in [1.29, 1.82) is 0 Å². The second kappa shape index (κ2) is 7.14. The fraction of sp³-hybridized carbons (Fsp3) is 0.167. The highest BCUT2D eigenvalue weighted by atomic mass is 16.5. The first kappa shape index (κ1) is 15.9. The fourth-order valence-electron chi connectivity index (χ4n) is 2.82. The van der Waals surface area contributed by atoms with Gasteiger partial charge in [-0.2, -0.15) is 0 Å². The average Bonchev–Trinajstić information content (AvgIpc) is 3.16. The highest BCUT2D eigenvalue weighted by Gasteiger charge is 2.19. The van der Waals surface area contributed by atoms with Crippen molar-refractivity contribution in [3.63, 3.8) is 0 Å². The van der Waals surface area contributed by atoms with Gasteiger partial charge in [0, 0.05) is 18.1 Å². The van der Waals surface area contributed by atoms with Crippen LogP contribution in [0.3, 0.4) is 0 Å². The molecular weight excluding hydrogens is 332 g/mol. The monoisotopic (exact) mass is 350 g/mol. The third kappa shape index (κ3) is 3.59. The number of fused-ring (bicyclic) bond motifs is 1. The number of aromatic amines is 1. The number of hydrogen-bond donors (Lipinski definition) is 3. The van der Waals surface area contributed by atoms with E-state index in [0.717, 1.165) is 23.7 Å². The third-order valence-corrected chi connectivity index (χ3v) is 4.01. The van der Waals surface area contributed by atoms with Crippen molar-refractivity contribution in [2.24, 2.45) is 0 Å². The van der Waals surface area contributed by atoms with E-state index in [9.17, 15) is 4.79 Å². The number of ether oxygens (including phenoxy) is 1. The summed E-state index contributed by atoms with van der Waals surface area (Å²) in [6.45, 7) is 2.08. The van der Waals surface area contributed by atoms with Crippen LogP contribution >= 0.6 is 0 Å². The van der Waals surface area contributed by atoms with Gasteiger partial charge < -0.3 is 25.3 Å². The van der Waals surface area contributed by atoms with E-state index in [2.05, 4.69) is 30.5 Å². The quantitative estimate of drug-likeness (QED) is 0.672. The van der Waals surface area contributed by atoms with E-state index in [4.69, 9.17) is 4.74 Å². The Kier molecular flexibility index (Phi) is 4.38. The molecule has 0 fully saturated rings. The van der Waals surface area contributed by atoms with Crippen LogP contribution in [0, 0.1) is 0 Å². The molecule has 0 atom stereocenters. The number of imidazole rings is 1. The summed E-state index contributed by atoms with van der Waals surface area (Å²) < 4.78 is 5.72. The summed E-state index contributed by atoms with van der Waals surface area (Å²) in [7, 11) is 0. The highest BCUT2D eigenvalue weighted by molar-refractivity contribution is 6.00. The topological polar surface area (TPSA) is 95.2 Å². The van der Waals surface area contributed by atoms with Gasteiger partial charge in [-0.05, 0) is 30.3 Å². The number of benzene rings is 1. The highest BCUT2D eigenvalue weighted by Crippen LogP contribution is 2.34. The molecule has 3 heterocycles. The Morgan fingerprint density at radius 2 is 2.12 bits per heavy atom. The van der Waals surface area contributed by atoms with Gasteiger partial charge in [-0.25, -0.2) is 9.78 Å². The minimum Gasteiger partial charge on any atom is -0.490 e. The van der Waals surface area contributed by atoms with Crippen molar-refractivity contribution in [2.45, 2.75) is 6.54 Å². The van der Waals surface area contributed by atoms with E-state index in [-0.39, 0.29) is 6.03 Å². The largest absolute Gasteiger partial charge is 0.490 e. The molecule has 1 aromatic carbocycles. The molecule has 132 valence electrons. The standard InChI is InChI=1S/C18H18N6O2/c25-18(23-14-2-1-5-19-9-14)22-13-3-4-17-16(8-13)24(6-7-26-17)11-15-10-20-12-21-15/h1-5,8-10,12H,6-7,11H2,(H,20,21)(H2,22,23,25). The molecule has 8 nitrogen and oxygen atoms in total. The molecule has 0 radical (unpaired) electrons. The van der Waals surface area contributed by atoms with Gasteiger partial charge in [-0.3, -0.25) is 4.98 Å².